The number of carbonyl (C=O) groups excluding carboxylic acids is 1. The van der Waals surface area contributed by atoms with Gasteiger partial charge in [-0.3, -0.25) is 14.4 Å². The molecule has 1 aliphatic rings. The van der Waals surface area contributed by atoms with Crippen LogP contribution in [0.4, 0.5) is 0 Å². The zero-order valence-corrected chi connectivity index (χ0v) is 10.1. The molecule has 1 amide bonds. The van der Waals surface area contributed by atoms with Gasteiger partial charge in [-0.05, 0) is 0 Å². The number of carboxylic acid groups (broad SMARTS) is 1. The van der Waals surface area contributed by atoms with Crippen molar-refractivity contribution in [3.05, 3.63) is 11.9 Å². The lowest BCUT2D eigenvalue weighted by Crippen LogP contribution is -2.49. The first-order valence-electron chi connectivity index (χ1n) is 5.66. The normalized spacial score (nSPS) is 17.2. The van der Waals surface area contributed by atoms with Gasteiger partial charge in [-0.15, -0.1) is 5.10 Å². The standard InChI is InChI=1S/C10H15N5O3/c1-13-2-3-14(7-9(13)16)4-5-15-6-8(10(17)18)11-12-15/h6H,2-5,7H2,1H3,(H,17,18). The number of carbonyl (C=O) groups is 2. The van der Waals surface area contributed by atoms with Crippen molar-refractivity contribution in [1.82, 2.24) is 24.8 Å². The SMILES string of the molecule is CN1CCN(CCn2cc(C(=O)O)nn2)CC1=O. The van der Waals surface area contributed by atoms with E-state index in [2.05, 4.69) is 10.3 Å². The predicted molar refractivity (Wildman–Crippen MR) is 61.1 cm³/mol. The Balaban J connectivity index is 1.84. The molecule has 1 N–H and O–H groups in total. The number of likely N-dealkylation sites (N-methyl/N-ethyl adjacent to an activating group) is 1. The maximum Gasteiger partial charge on any atom is 0.358 e. The number of rotatable bonds is 4. The summed E-state index contributed by atoms with van der Waals surface area (Å²) >= 11 is 0. The third-order valence-corrected chi connectivity index (χ3v) is 2.94. The molecule has 1 saturated heterocycles. The maximum absolute atomic E-state index is 11.5. The van der Waals surface area contributed by atoms with Gasteiger partial charge in [-0.25, -0.2) is 4.79 Å². The van der Waals surface area contributed by atoms with Crippen LogP contribution in [0.5, 0.6) is 0 Å². The lowest BCUT2D eigenvalue weighted by Gasteiger charge is -2.31. The molecule has 1 aromatic rings. The van der Waals surface area contributed by atoms with Gasteiger partial charge in [0, 0.05) is 26.7 Å². The van der Waals surface area contributed by atoms with Gasteiger partial charge in [0.05, 0.1) is 19.3 Å². The molecule has 0 bridgehead atoms. The lowest BCUT2D eigenvalue weighted by molar-refractivity contribution is -0.134. The second-order valence-electron chi connectivity index (χ2n) is 4.26. The van der Waals surface area contributed by atoms with E-state index in [-0.39, 0.29) is 11.6 Å². The Morgan fingerprint density at radius 2 is 2.22 bits per heavy atom. The summed E-state index contributed by atoms with van der Waals surface area (Å²) in [7, 11) is 1.79. The topological polar surface area (TPSA) is 91.6 Å². The summed E-state index contributed by atoms with van der Waals surface area (Å²) in [6, 6.07) is 0. The van der Waals surface area contributed by atoms with Crippen LogP contribution < -0.4 is 0 Å². The Labute approximate surface area is 104 Å². The summed E-state index contributed by atoms with van der Waals surface area (Å²) in [6.45, 7) is 3.12. The molecular formula is C10H15N5O3. The van der Waals surface area contributed by atoms with E-state index in [0.29, 0.717) is 19.6 Å². The van der Waals surface area contributed by atoms with Crippen LogP contribution in [0.1, 0.15) is 10.5 Å². The lowest BCUT2D eigenvalue weighted by atomic mass is 10.3. The van der Waals surface area contributed by atoms with Crippen molar-refractivity contribution in [3.8, 4) is 0 Å². The number of carboxylic acids is 1. The predicted octanol–water partition coefficient (Wildman–Crippen LogP) is -1.25. The molecule has 2 rings (SSSR count). The summed E-state index contributed by atoms with van der Waals surface area (Å²) in [5.74, 6) is -0.984. The Morgan fingerprint density at radius 3 is 2.83 bits per heavy atom. The van der Waals surface area contributed by atoms with Crippen LogP contribution in [0.25, 0.3) is 0 Å². The molecule has 8 heteroatoms. The molecule has 2 heterocycles. The van der Waals surface area contributed by atoms with Gasteiger partial charge < -0.3 is 10.0 Å². The second-order valence-corrected chi connectivity index (χ2v) is 4.26. The van der Waals surface area contributed by atoms with Gasteiger partial charge in [0.2, 0.25) is 5.91 Å². The fraction of sp³-hybridized carbons (Fsp3) is 0.600. The number of hydrogen-bond acceptors (Lipinski definition) is 5. The Hall–Kier alpha value is -1.96. The van der Waals surface area contributed by atoms with Gasteiger partial charge in [0.1, 0.15) is 0 Å². The zero-order chi connectivity index (χ0) is 13.1. The molecule has 0 aromatic carbocycles. The highest BCUT2D eigenvalue weighted by molar-refractivity contribution is 5.84. The molecule has 0 atom stereocenters. The minimum absolute atomic E-state index is 0.0653. The second kappa shape index (κ2) is 5.13. The van der Waals surface area contributed by atoms with Gasteiger partial charge >= 0.3 is 5.97 Å². The first-order valence-corrected chi connectivity index (χ1v) is 5.66. The highest BCUT2D eigenvalue weighted by Gasteiger charge is 2.20. The summed E-state index contributed by atoms with van der Waals surface area (Å²) < 4.78 is 1.48. The van der Waals surface area contributed by atoms with E-state index in [9.17, 15) is 9.59 Å². The molecule has 0 aliphatic carbocycles. The van der Waals surface area contributed by atoms with E-state index in [1.165, 1.54) is 10.9 Å². The number of hydrogen-bond donors (Lipinski definition) is 1. The zero-order valence-electron chi connectivity index (χ0n) is 10.1. The molecule has 0 spiro atoms. The van der Waals surface area contributed by atoms with Crippen LogP contribution >= 0.6 is 0 Å². The molecule has 98 valence electrons. The summed E-state index contributed by atoms with van der Waals surface area (Å²) in [5.41, 5.74) is -0.0653. The van der Waals surface area contributed by atoms with Crippen LogP contribution in [0.3, 0.4) is 0 Å². The Bertz CT molecular complexity index is 458. The van der Waals surface area contributed by atoms with Crippen LogP contribution in [0.15, 0.2) is 6.20 Å². The van der Waals surface area contributed by atoms with Crippen molar-refractivity contribution in [1.29, 1.82) is 0 Å². The minimum Gasteiger partial charge on any atom is -0.476 e. The average Bonchev–Trinajstić information content (AvgIpc) is 2.79. The van der Waals surface area contributed by atoms with Gasteiger partial charge in [0.25, 0.3) is 0 Å². The molecular weight excluding hydrogens is 238 g/mol. The third kappa shape index (κ3) is 2.83. The van der Waals surface area contributed by atoms with Crippen molar-refractivity contribution in [2.24, 2.45) is 0 Å². The maximum atomic E-state index is 11.5. The van der Waals surface area contributed by atoms with Gasteiger partial charge in [-0.1, -0.05) is 5.21 Å². The van der Waals surface area contributed by atoms with E-state index >= 15 is 0 Å². The number of aromatic carboxylic acids is 1. The average molecular weight is 253 g/mol. The van der Waals surface area contributed by atoms with Crippen molar-refractivity contribution in [3.63, 3.8) is 0 Å². The van der Waals surface area contributed by atoms with Crippen LogP contribution in [0, 0.1) is 0 Å². The van der Waals surface area contributed by atoms with Gasteiger partial charge in [0.15, 0.2) is 5.69 Å². The molecule has 18 heavy (non-hydrogen) atoms. The quantitative estimate of drug-likeness (QED) is 0.721. The molecule has 1 fully saturated rings. The van der Waals surface area contributed by atoms with Crippen molar-refractivity contribution < 1.29 is 14.7 Å². The minimum atomic E-state index is -1.09. The highest BCUT2D eigenvalue weighted by Crippen LogP contribution is 2.01. The molecule has 8 nitrogen and oxygen atoms in total. The largest absolute Gasteiger partial charge is 0.476 e. The third-order valence-electron chi connectivity index (χ3n) is 2.94. The molecule has 0 unspecified atom stereocenters. The number of piperazine rings is 1. The molecule has 0 radical (unpaired) electrons. The number of aromatic nitrogens is 3. The van der Waals surface area contributed by atoms with Crippen molar-refractivity contribution in [2.75, 3.05) is 33.2 Å². The van der Waals surface area contributed by atoms with E-state index in [1.807, 2.05) is 4.90 Å². The van der Waals surface area contributed by atoms with E-state index in [1.54, 1.807) is 11.9 Å². The monoisotopic (exact) mass is 253 g/mol. The fourth-order valence-corrected chi connectivity index (χ4v) is 1.75. The summed E-state index contributed by atoms with van der Waals surface area (Å²) in [6.07, 6.45) is 1.39. The number of amides is 1. The molecule has 1 aliphatic heterocycles. The van der Waals surface area contributed by atoms with E-state index < -0.39 is 5.97 Å². The molecule has 1 aromatic heterocycles. The summed E-state index contributed by atoms with van der Waals surface area (Å²) in [5, 5.41) is 15.9. The number of nitrogens with zero attached hydrogens (tertiary/aromatic N) is 5. The van der Waals surface area contributed by atoms with Crippen molar-refractivity contribution in [2.45, 2.75) is 6.54 Å². The smallest absolute Gasteiger partial charge is 0.358 e. The van der Waals surface area contributed by atoms with E-state index in [0.717, 1.165) is 13.1 Å². The first-order chi connectivity index (χ1) is 8.56. The van der Waals surface area contributed by atoms with Gasteiger partial charge in [-0.2, -0.15) is 0 Å². The Kier molecular flexibility index (Phi) is 3.56. The fourth-order valence-electron chi connectivity index (χ4n) is 1.75. The van der Waals surface area contributed by atoms with Crippen LogP contribution in [-0.2, 0) is 11.3 Å². The molecule has 0 saturated carbocycles. The highest BCUT2D eigenvalue weighted by atomic mass is 16.4. The van der Waals surface area contributed by atoms with Crippen LogP contribution in [0.2, 0.25) is 0 Å². The Morgan fingerprint density at radius 1 is 1.44 bits per heavy atom. The van der Waals surface area contributed by atoms with Crippen LogP contribution in [-0.4, -0.2) is 75.0 Å². The first kappa shape index (κ1) is 12.5. The summed E-state index contributed by atoms with van der Waals surface area (Å²) in [4.78, 5) is 25.8. The van der Waals surface area contributed by atoms with E-state index in [4.69, 9.17) is 5.11 Å². The van der Waals surface area contributed by atoms with Crippen molar-refractivity contribution >= 4 is 11.9 Å².